The summed E-state index contributed by atoms with van der Waals surface area (Å²) in [4.78, 5) is 10.4. The maximum Gasteiger partial charge on any atom is 0.393 e. The first-order chi connectivity index (χ1) is 6.66. The molecule has 0 saturated heterocycles. The molecule has 5 nitrogen and oxygen atoms in total. The molecular weight excluding hydrogens is 228 g/mol. The van der Waals surface area contributed by atoms with Gasteiger partial charge in [0.25, 0.3) is 0 Å². The number of carboxylic acid groups (broad SMARTS) is 1. The molecule has 2 aromatic heterocycles. The standard InChI is InChI=1S/C7H3ClN2O3S/c8-4-1-3(2-14-4)5-9-10-6(13-5)7(11)12/h1-2H,(H,11,12). The number of hydrogen-bond acceptors (Lipinski definition) is 5. The number of hydrogen-bond donors (Lipinski definition) is 1. The van der Waals surface area contributed by atoms with Crippen LogP contribution in [0.15, 0.2) is 15.9 Å². The number of aromatic carboxylic acids is 1. The van der Waals surface area contributed by atoms with E-state index in [2.05, 4.69) is 10.2 Å². The van der Waals surface area contributed by atoms with Crippen molar-refractivity contribution in [2.75, 3.05) is 0 Å². The highest BCUT2D eigenvalue weighted by Gasteiger charge is 2.14. The minimum atomic E-state index is -1.25. The summed E-state index contributed by atoms with van der Waals surface area (Å²) in [7, 11) is 0. The van der Waals surface area contributed by atoms with E-state index in [4.69, 9.17) is 21.1 Å². The van der Waals surface area contributed by atoms with E-state index in [0.717, 1.165) is 0 Å². The number of carbonyl (C=O) groups is 1. The predicted octanol–water partition coefficient (Wildman–Crippen LogP) is 2.15. The zero-order chi connectivity index (χ0) is 10.1. The van der Waals surface area contributed by atoms with Crippen molar-refractivity contribution in [2.45, 2.75) is 0 Å². The number of aromatic nitrogens is 2. The minimum absolute atomic E-state index is 0.158. The molecule has 14 heavy (non-hydrogen) atoms. The van der Waals surface area contributed by atoms with Crippen LogP contribution in [0.5, 0.6) is 0 Å². The predicted molar refractivity (Wildman–Crippen MR) is 49.6 cm³/mol. The Morgan fingerprint density at radius 2 is 2.36 bits per heavy atom. The van der Waals surface area contributed by atoms with Gasteiger partial charge in [-0.3, -0.25) is 0 Å². The van der Waals surface area contributed by atoms with Crippen molar-refractivity contribution < 1.29 is 14.3 Å². The zero-order valence-corrected chi connectivity index (χ0v) is 8.17. The molecule has 2 aromatic rings. The first kappa shape index (κ1) is 9.17. The largest absolute Gasteiger partial charge is 0.474 e. The quantitative estimate of drug-likeness (QED) is 0.855. The summed E-state index contributed by atoms with van der Waals surface area (Å²) in [5.41, 5.74) is 0.625. The number of carboxylic acids is 1. The van der Waals surface area contributed by atoms with Crippen molar-refractivity contribution in [3.8, 4) is 11.5 Å². The molecule has 0 fully saturated rings. The van der Waals surface area contributed by atoms with Gasteiger partial charge in [0.1, 0.15) is 0 Å². The minimum Gasteiger partial charge on any atom is -0.474 e. The summed E-state index contributed by atoms with van der Waals surface area (Å²) in [5.74, 6) is -1.52. The number of nitrogens with zero attached hydrogens (tertiary/aromatic N) is 2. The Morgan fingerprint density at radius 3 is 2.86 bits per heavy atom. The van der Waals surface area contributed by atoms with E-state index in [0.29, 0.717) is 9.90 Å². The Morgan fingerprint density at radius 1 is 1.57 bits per heavy atom. The van der Waals surface area contributed by atoms with Crippen LogP contribution in [0.4, 0.5) is 0 Å². The highest BCUT2D eigenvalue weighted by molar-refractivity contribution is 7.14. The normalized spacial score (nSPS) is 10.4. The smallest absolute Gasteiger partial charge is 0.393 e. The number of thiophene rings is 1. The van der Waals surface area contributed by atoms with Gasteiger partial charge in [-0.2, -0.15) is 0 Å². The van der Waals surface area contributed by atoms with Crippen LogP contribution in [-0.4, -0.2) is 21.3 Å². The zero-order valence-electron chi connectivity index (χ0n) is 6.60. The second kappa shape index (κ2) is 3.39. The topological polar surface area (TPSA) is 76.2 Å². The van der Waals surface area contributed by atoms with Crippen molar-refractivity contribution in [2.24, 2.45) is 0 Å². The van der Waals surface area contributed by atoms with Crippen molar-refractivity contribution in [1.29, 1.82) is 0 Å². The molecular formula is C7H3ClN2O3S. The Balaban J connectivity index is 2.38. The van der Waals surface area contributed by atoms with Gasteiger partial charge >= 0.3 is 11.9 Å². The van der Waals surface area contributed by atoms with Crippen LogP contribution >= 0.6 is 22.9 Å². The molecule has 1 N–H and O–H groups in total. The Bertz CT molecular complexity index is 479. The van der Waals surface area contributed by atoms with Crippen molar-refractivity contribution >= 4 is 28.9 Å². The molecule has 0 unspecified atom stereocenters. The highest BCUT2D eigenvalue weighted by Crippen LogP contribution is 2.27. The van der Waals surface area contributed by atoms with E-state index in [1.165, 1.54) is 11.3 Å². The van der Waals surface area contributed by atoms with Crippen molar-refractivity contribution in [3.63, 3.8) is 0 Å². The average Bonchev–Trinajstić information content (AvgIpc) is 2.70. The number of halogens is 1. The lowest BCUT2D eigenvalue weighted by molar-refractivity contribution is 0.0654. The molecule has 0 saturated carbocycles. The fraction of sp³-hybridized carbons (Fsp3) is 0. The van der Waals surface area contributed by atoms with Gasteiger partial charge in [0.05, 0.1) is 9.90 Å². The van der Waals surface area contributed by atoms with E-state index < -0.39 is 11.9 Å². The molecule has 0 aliphatic heterocycles. The highest BCUT2D eigenvalue weighted by atomic mass is 35.5. The second-order valence-corrected chi connectivity index (χ2v) is 3.90. The fourth-order valence-corrected chi connectivity index (χ4v) is 1.70. The van der Waals surface area contributed by atoms with Crippen molar-refractivity contribution in [1.82, 2.24) is 10.2 Å². The lowest BCUT2D eigenvalue weighted by Crippen LogP contribution is -1.95. The summed E-state index contributed by atoms with van der Waals surface area (Å²) in [5, 5.41) is 17.2. The summed E-state index contributed by atoms with van der Waals surface area (Å²) in [6.45, 7) is 0. The van der Waals surface area contributed by atoms with E-state index in [1.54, 1.807) is 11.4 Å². The number of rotatable bonds is 2. The summed E-state index contributed by atoms with van der Waals surface area (Å²) in [6.07, 6.45) is 0. The van der Waals surface area contributed by atoms with Crippen LogP contribution in [0.2, 0.25) is 4.34 Å². The molecule has 72 valence electrons. The van der Waals surface area contributed by atoms with E-state index in [1.807, 2.05) is 0 Å². The van der Waals surface area contributed by atoms with Gasteiger partial charge in [-0.25, -0.2) is 4.79 Å². The van der Waals surface area contributed by atoms with Gasteiger partial charge < -0.3 is 9.52 Å². The summed E-state index contributed by atoms with van der Waals surface area (Å²) in [6, 6.07) is 1.63. The molecule has 0 radical (unpaired) electrons. The van der Waals surface area contributed by atoms with Gasteiger partial charge in [-0.1, -0.05) is 11.6 Å². The fourth-order valence-electron chi connectivity index (χ4n) is 0.849. The molecule has 0 amide bonds. The maximum atomic E-state index is 10.4. The molecule has 2 heterocycles. The lowest BCUT2D eigenvalue weighted by atomic mass is 10.3. The maximum absolute atomic E-state index is 10.4. The van der Waals surface area contributed by atoms with E-state index in [9.17, 15) is 4.79 Å². The first-order valence-corrected chi connectivity index (χ1v) is 4.74. The third-order valence-electron chi connectivity index (χ3n) is 1.42. The molecule has 0 spiro atoms. The Kier molecular flexibility index (Phi) is 2.22. The van der Waals surface area contributed by atoms with Crippen LogP contribution in [0.3, 0.4) is 0 Å². The van der Waals surface area contributed by atoms with E-state index >= 15 is 0 Å². The molecule has 0 bridgehead atoms. The summed E-state index contributed by atoms with van der Waals surface area (Å²) >= 11 is 7.00. The van der Waals surface area contributed by atoms with Gasteiger partial charge in [0.2, 0.25) is 5.89 Å². The molecule has 0 aliphatic rings. The Labute approximate surface area is 87.0 Å². The van der Waals surface area contributed by atoms with Gasteiger partial charge in [0.15, 0.2) is 0 Å². The van der Waals surface area contributed by atoms with Crippen molar-refractivity contribution in [3.05, 3.63) is 21.7 Å². The SMILES string of the molecule is O=C(O)c1nnc(-c2csc(Cl)c2)o1. The molecule has 0 atom stereocenters. The molecule has 0 aliphatic carbocycles. The van der Waals surface area contributed by atoms with Crippen LogP contribution in [0, 0.1) is 0 Å². The molecule has 2 rings (SSSR count). The average molecular weight is 231 g/mol. The first-order valence-electron chi connectivity index (χ1n) is 3.48. The van der Waals surface area contributed by atoms with Gasteiger partial charge in [-0.15, -0.1) is 21.5 Å². The molecule has 0 aromatic carbocycles. The van der Waals surface area contributed by atoms with Crippen LogP contribution in [0.25, 0.3) is 11.5 Å². The van der Waals surface area contributed by atoms with Crippen LogP contribution in [0.1, 0.15) is 10.7 Å². The molecule has 7 heteroatoms. The van der Waals surface area contributed by atoms with Gasteiger partial charge in [0, 0.05) is 5.38 Å². The Hall–Kier alpha value is -1.40. The summed E-state index contributed by atoms with van der Waals surface area (Å²) < 4.78 is 5.45. The second-order valence-electron chi connectivity index (χ2n) is 2.36. The van der Waals surface area contributed by atoms with Gasteiger partial charge in [-0.05, 0) is 6.07 Å². The van der Waals surface area contributed by atoms with Crippen LogP contribution < -0.4 is 0 Å². The third kappa shape index (κ3) is 1.61. The monoisotopic (exact) mass is 230 g/mol. The third-order valence-corrected chi connectivity index (χ3v) is 2.51. The van der Waals surface area contributed by atoms with E-state index in [-0.39, 0.29) is 5.89 Å². The van der Waals surface area contributed by atoms with Crippen LogP contribution in [-0.2, 0) is 0 Å². The lowest BCUT2D eigenvalue weighted by Gasteiger charge is -1.84.